The fraction of sp³-hybridized carbons (Fsp3) is 0.333. The van der Waals surface area contributed by atoms with Gasteiger partial charge in [0.25, 0.3) is 0 Å². The molecular weight excluding hydrogens is 428 g/mol. The molecule has 2 atom stereocenters. The molecule has 0 radical (unpaired) electrons. The van der Waals surface area contributed by atoms with Gasteiger partial charge in [0, 0.05) is 18.4 Å². The van der Waals surface area contributed by atoms with Gasteiger partial charge in [-0.2, -0.15) is 0 Å². The molecule has 7 nitrogen and oxygen atoms in total. The summed E-state index contributed by atoms with van der Waals surface area (Å²) in [5, 5.41) is 3.52. The molecular formula is C27H26N4O3. The summed E-state index contributed by atoms with van der Waals surface area (Å²) in [4.78, 5) is 48.8. The van der Waals surface area contributed by atoms with E-state index in [4.69, 9.17) is 4.98 Å². The van der Waals surface area contributed by atoms with Gasteiger partial charge < -0.3 is 4.90 Å². The summed E-state index contributed by atoms with van der Waals surface area (Å²) in [6.07, 6.45) is 2.85. The molecule has 4 amide bonds. The molecule has 2 unspecified atom stereocenters. The molecule has 1 aromatic heterocycles. The fourth-order valence-corrected chi connectivity index (χ4v) is 5.89. The molecule has 0 bridgehead atoms. The number of nitrogens with zero attached hydrogens (tertiary/aromatic N) is 3. The monoisotopic (exact) mass is 454 g/mol. The van der Waals surface area contributed by atoms with E-state index in [-0.39, 0.29) is 19.0 Å². The first kappa shape index (κ1) is 20.8. The number of benzene rings is 2. The first-order valence-electron chi connectivity index (χ1n) is 11.9. The summed E-state index contributed by atoms with van der Waals surface area (Å²) < 4.78 is 0. The van der Waals surface area contributed by atoms with Crippen LogP contribution in [0.1, 0.15) is 36.0 Å². The third-order valence-electron chi connectivity index (χ3n) is 7.52. The number of carbonyl (C=O) groups is 3. The normalized spacial score (nSPS) is 24.3. The van der Waals surface area contributed by atoms with E-state index in [2.05, 4.69) is 22.3 Å². The van der Waals surface area contributed by atoms with Crippen molar-refractivity contribution in [2.24, 2.45) is 5.41 Å². The van der Waals surface area contributed by atoms with Crippen molar-refractivity contribution in [2.45, 2.75) is 45.2 Å². The highest BCUT2D eigenvalue weighted by atomic mass is 16.2. The topological polar surface area (TPSA) is 82.6 Å². The van der Waals surface area contributed by atoms with Crippen LogP contribution in [0.15, 0.2) is 54.6 Å². The number of rotatable bonds is 2. The number of aromatic nitrogens is 1. The average Bonchev–Trinajstić information content (AvgIpc) is 2.85. The number of nitrogens with one attached hydrogen (secondary N) is 1. The van der Waals surface area contributed by atoms with E-state index in [1.165, 1.54) is 4.90 Å². The Bertz CT molecular complexity index is 1340. The van der Waals surface area contributed by atoms with Crippen LogP contribution in [0, 0.1) is 12.3 Å². The van der Waals surface area contributed by atoms with Gasteiger partial charge in [-0.1, -0.05) is 42.0 Å². The van der Waals surface area contributed by atoms with Gasteiger partial charge in [-0.3, -0.25) is 19.8 Å². The predicted octanol–water partition coefficient (Wildman–Crippen LogP) is 3.72. The standard InChI is InChI=1S/C27H26N4O3/c1-17-10-11-21-19(13-17)14-20-15-27(22-9-5-6-12-30(22)23(20)28-21)24(32)29-26(34)31(25(27)33)16-18-7-3-2-4-8-18/h2-4,7-8,10-11,13-14,22H,5-6,9,12,15-16H2,1H3,(H,29,32,34). The van der Waals surface area contributed by atoms with Gasteiger partial charge in [-0.05, 0) is 55.5 Å². The molecule has 4 heterocycles. The van der Waals surface area contributed by atoms with Gasteiger partial charge in [-0.25, -0.2) is 9.78 Å². The van der Waals surface area contributed by atoms with E-state index < -0.39 is 23.3 Å². The van der Waals surface area contributed by atoms with Crippen molar-refractivity contribution in [1.29, 1.82) is 0 Å². The lowest BCUT2D eigenvalue weighted by Crippen LogP contribution is -2.72. The fourth-order valence-electron chi connectivity index (χ4n) is 5.89. The van der Waals surface area contributed by atoms with Crippen LogP contribution in [0.2, 0.25) is 0 Å². The first-order chi connectivity index (χ1) is 16.5. The molecule has 34 heavy (non-hydrogen) atoms. The predicted molar refractivity (Wildman–Crippen MR) is 128 cm³/mol. The van der Waals surface area contributed by atoms with Crippen LogP contribution in [-0.2, 0) is 22.6 Å². The number of imide groups is 2. The second kappa shape index (κ2) is 7.65. The Morgan fingerprint density at radius 3 is 2.71 bits per heavy atom. The van der Waals surface area contributed by atoms with Crippen LogP contribution in [0.3, 0.4) is 0 Å². The van der Waals surface area contributed by atoms with Gasteiger partial charge in [-0.15, -0.1) is 0 Å². The van der Waals surface area contributed by atoms with Crippen molar-refractivity contribution in [3.05, 3.63) is 71.3 Å². The van der Waals surface area contributed by atoms with E-state index >= 15 is 0 Å². The van der Waals surface area contributed by atoms with Crippen LogP contribution < -0.4 is 10.2 Å². The maximum absolute atomic E-state index is 14.1. The Labute approximate surface area is 197 Å². The minimum Gasteiger partial charge on any atom is -0.352 e. The number of carbonyl (C=O) groups excluding carboxylic acids is 3. The minimum atomic E-state index is -1.35. The molecule has 3 aromatic rings. The second-order valence-corrected chi connectivity index (χ2v) is 9.66. The molecule has 0 saturated carbocycles. The lowest BCUT2D eigenvalue weighted by atomic mass is 9.66. The maximum Gasteiger partial charge on any atom is 0.331 e. The number of pyridine rings is 1. The lowest BCUT2D eigenvalue weighted by Gasteiger charge is -2.53. The molecule has 3 aliphatic rings. The van der Waals surface area contributed by atoms with Gasteiger partial charge in [0.05, 0.1) is 18.1 Å². The van der Waals surface area contributed by atoms with Crippen molar-refractivity contribution in [3.8, 4) is 0 Å². The summed E-state index contributed by atoms with van der Waals surface area (Å²) in [7, 11) is 0. The summed E-state index contributed by atoms with van der Waals surface area (Å²) in [5.41, 5.74) is 2.41. The van der Waals surface area contributed by atoms with Gasteiger partial charge in [0.2, 0.25) is 11.8 Å². The molecule has 2 aromatic carbocycles. The maximum atomic E-state index is 14.1. The Hall–Kier alpha value is -3.74. The van der Waals surface area contributed by atoms with E-state index in [9.17, 15) is 14.4 Å². The average molecular weight is 455 g/mol. The minimum absolute atomic E-state index is 0.134. The molecule has 6 rings (SSSR count). The van der Waals surface area contributed by atoms with E-state index in [0.29, 0.717) is 6.42 Å². The summed E-state index contributed by atoms with van der Waals surface area (Å²) >= 11 is 0. The van der Waals surface area contributed by atoms with Crippen molar-refractivity contribution < 1.29 is 14.4 Å². The number of piperidine rings is 1. The summed E-state index contributed by atoms with van der Waals surface area (Å²) in [6, 6.07) is 16.6. The van der Waals surface area contributed by atoms with Crippen LogP contribution in [-0.4, -0.2) is 40.3 Å². The highest BCUT2D eigenvalue weighted by Crippen LogP contribution is 2.47. The third-order valence-corrected chi connectivity index (χ3v) is 7.52. The molecule has 172 valence electrons. The number of urea groups is 1. The Morgan fingerprint density at radius 2 is 1.88 bits per heavy atom. The summed E-state index contributed by atoms with van der Waals surface area (Å²) in [5.74, 6) is -0.0329. The van der Waals surface area contributed by atoms with Crippen LogP contribution in [0.5, 0.6) is 0 Å². The number of aryl methyl sites for hydroxylation is 1. The van der Waals surface area contributed by atoms with Gasteiger partial charge in [0.15, 0.2) is 5.41 Å². The molecule has 7 heteroatoms. The van der Waals surface area contributed by atoms with Crippen LogP contribution in [0.25, 0.3) is 10.9 Å². The zero-order valence-corrected chi connectivity index (χ0v) is 19.1. The Kier molecular flexibility index (Phi) is 4.69. The number of fused-ring (bicyclic) bond motifs is 5. The Balaban J connectivity index is 1.48. The number of hydrogen-bond acceptors (Lipinski definition) is 5. The smallest absolute Gasteiger partial charge is 0.331 e. The molecule has 3 aliphatic heterocycles. The highest BCUT2D eigenvalue weighted by molar-refractivity contribution is 6.20. The van der Waals surface area contributed by atoms with Crippen LogP contribution in [0.4, 0.5) is 10.6 Å². The van der Waals surface area contributed by atoms with Gasteiger partial charge >= 0.3 is 6.03 Å². The van der Waals surface area contributed by atoms with Crippen molar-refractivity contribution >= 4 is 34.6 Å². The third kappa shape index (κ3) is 3.03. The largest absolute Gasteiger partial charge is 0.352 e. The molecule has 0 aliphatic carbocycles. The van der Waals surface area contributed by atoms with Crippen LogP contribution >= 0.6 is 0 Å². The van der Waals surface area contributed by atoms with Gasteiger partial charge in [0.1, 0.15) is 5.82 Å². The number of anilines is 1. The molecule has 2 fully saturated rings. The number of hydrogen-bond donors (Lipinski definition) is 1. The lowest BCUT2D eigenvalue weighted by molar-refractivity contribution is -0.154. The number of barbiturate groups is 1. The van der Waals surface area contributed by atoms with Crippen molar-refractivity contribution in [2.75, 3.05) is 11.4 Å². The number of amides is 4. The Morgan fingerprint density at radius 1 is 1.06 bits per heavy atom. The van der Waals surface area contributed by atoms with E-state index in [0.717, 1.165) is 52.8 Å². The second-order valence-electron chi connectivity index (χ2n) is 9.66. The summed E-state index contributed by atoms with van der Waals surface area (Å²) in [6.45, 7) is 2.90. The molecule has 1 N–H and O–H groups in total. The van der Waals surface area contributed by atoms with Crippen molar-refractivity contribution in [3.63, 3.8) is 0 Å². The quantitative estimate of drug-likeness (QED) is 0.597. The highest BCUT2D eigenvalue weighted by Gasteiger charge is 2.62. The van der Waals surface area contributed by atoms with E-state index in [1.54, 1.807) is 0 Å². The molecule has 2 saturated heterocycles. The zero-order chi connectivity index (χ0) is 23.4. The van der Waals surface area contributed by atoms with E-state index in [1.807, 2.05) is 49.4 Å². The molecule has 1 spiro atoms. The van der Waals surface area contributed by atoms with Crippen molar-refractivity contribution in [1.82, 2.24) is 15.2 Å². The SMILES string of the molecule is Cc1ccc2nc3c(cc2c1)CC1(C(=O)NC(=O)N(Cc2ccccc2)C1=O)C1CCCCN31. The zero-order valence-electron chi connectivity index (χ0n) is 19.1. The first-order valence-corrected chi connectivity index (χ1v) is 11.9.